The first-order valence-electron chi connectivity index (χ1n) is 6.92. The van der Waals surface area contributed by atoms with Crippen LogP contribution in [0.3, 0.4) is 0 Å². The number of aryl methyl sites for hydroxylation is 1. The van der Waals surface area contributed by atoms with Gasteiger partial charge in [0.2, 0.25) is 0 Å². The molecule has 0 heterocycles. The van der Waals surface area contributed by atoms with Crippen LogP contribution in [-0.4, -0.2) is 0 Å². The number of hydrogen-bond acceptors (Lipinski definition) is 2. The summed E-state index contributed by atoms with van der Waals surface area (Å²) in [7, 11) is 0. The van der Waals surface area contributed by atoms with Crippen molar-refractivity contribution in [1.82, 2.24) is 0 Å². The predicted molar refractivity (Wildman–Crippen MR) is 79.5 cm³/mol. The highest BCUT2D eigenvalue weighted by Gasteiger charge is 2.14. The van der Waals surface area contributed by atoms with E-state index in [4.69, 9.17) is 10.5 Å². The molecule has 0 fully saturated rings. The van der Waals surface area contributed by atoms with Crippen LogP contribution in [0, 0.1) is 5.82 Å². The molecule has 0 aliphatic heterocycles. The second-order valence-electron chi connectivity index (χ2n) is 4.94. The van der Waals surface area contributed by atoms with Gasteiger partial charge in [-0.15, -0.1) is 0 Å². The lowest BCUT2D eigenvalue weighted by Crippen LogP contribution is -2.09. The van der Waals surface area contributed by atoms with Crippen LogP contribution in [0.15, 0.2) is 42.5 Å². The lowest BCUT2D eigenvalue weighted by Gasteiger charge is -2.14. The molecule has 2 aromatic carbocycles. The normalized spacial score (nSPS) is 12.2. The Hall–Kier alpha value is -1.87. The van der Waals surface area contributed by atoms with Gasteiger partial charge in [-0.3, -0.25) is 0 Å². The standard InChI is InChI=1S/C17H20FNO/c1-3-5-13-8-10-14(11-9-13)20-16-7-4-6-15(18)17(16)12(2)19/h4,6-12H,3,5,19H2,1-2H3. The highest BCUT2D eigenvalue weighted by Crippen LogP contribution is 2.30. The zero-order valence-electron chi connectivity index (χ0n) is 11.9. The molecular formula is C17H20FNO. The largest absolute Gasteiger partial charge is 0.457 e. The van der Waals surface area contributed by atoms with E-state index >= 15 is 0 Å². The van der Waals surface area contributed by atoms with Gasteiger partial charge in [0.25, 0.3) is 0 Å². The van der Waals surface area contributed by atoms with E-state index in [1.54, 1.807) is 19.1 Å². The molecule has 0 radical (unpaired) electrons. The molecule has 0 saturated carbocycles. The molecule has 20 heavy (non-hydrogen) atoms. The second kappa shape index (κ2) is 6.53. The van der Waals surface area contributed by atoms with Crippen molar-refractivity contribution in [2.45, 2.75) is 32.7 Å². The summed E-state index contributed by atoms with van der Waals surface area (Å²) in [5, 5.41) is 0. The molecular weight excluding hydrogens is 253 g/mol. The molecule has 2 rings (SSSR count). The van der Waals surface area contributed by atoms with E-state index in [0.29, 0.717) is 17.1 Å². The molecule has 0 amide bonds. The minimum Gasteiger partial charge on any atom is -0.457 e. The van der Waals surface area contributed by atoms with E-state index in [2.05, 4.69) is 6.92 Å². The van der Waals surface area contributed by atoms with E-state index in [1.165, 1.54) is 11.6 Å². The fourth-order valence-electron chi connectivity index (χ4n) is 2.19. The molecule has 0 bridgehead atoms. The van der Waals surface area contributed by atoms with E-state index in [0.717, 1.165) is 12.8 Å². The van der Waals surface area contributed by atoms with E-state index in [-0.39, 0.29) is 5.82 Å². The lowest BCUT2D eigenvalue weighted by molar-refractivity contribution is 0.460. The summed E-state index contributed by atoms with van der Waals surface area (Å²) < 4.78 is 19.6. The molecule has 1 unspecified atom stereocenters. The maximum absolute atomic E-state index is 13.8. The Morgan fingerprint density at radius 1 is 1.15 bits per heavy atom. The fourth-order valence-corrected chi connectivity index (χ4v) is 2.19. The third kappa shape index (κ3) is 3.36. The van der Waals surface area contributed by atoms with Crippen LogP contribution in [0.1, 0.15) is 37.4 Å². The van der Waals surface area contributed by atoms with Crippen LogP contribution >= 0.6 is 0 Å². The summed E-state index contributed by atoms with van der Waals surface area (Å²) in [6, 6.07) is 12.2. The monoisotopic (exact) mass is 273 g/mol. The molecule has 0 saturated heterocycles. The molecule has 1 atom stereocenters. The maximum Gasteiger partial charge on any atom is 0.135 e. The van der Waals surface area contributed by atoms with Crippen molar-refractivity contribution in [3.8, 4) is 11.5 Å². The molecule has 0 spiro atoms. The number of benzene rings is 2. The highest BCUT2D eigenvalue weighted by molar-refractivity contribution is 5.40. The lowest BCUT2D eigenvalue weighted by atomic mass is 10.1. The average molecular weight is 273 g/mol. The smallest absolute Gasteiger partial charge is 0.135 e. The Morgan fingerprint density at radius 2 is 1.85 bits per heavy atom. The van der Waals surface area contributed by atoms with Gasteiger partial charge in [-0.25, -0.2) is 4.39 Å². The van der Waals surface area contributed by atoms with E-state index in [9.17, 15) is 4.39 Å². The van der Waals surface area contributed by atoms with Gasteiger partial charge in [0, 0.05) is 11.6 Å². The number of hydrogen-bond donors (Lipinski definition) is 1. The van der Waals surface area contributed by atoms with Crippen LogP contribution in [0.4, 0.5) is 4.39 Å². The minimum absolute atomic E-state index is 0.333. The quantitative estimate of drug-likeness (QED) is 0.864. The van der Waals surface area contributed by atoms with Crippen LogP contribution in [0.25, 0.3) is 0 Å². The molecule has 2 nitrogen and oxygen atoms in total. The summed E-state index contributed by atoms with van der Waals surface area (Å²) in [6.45, 7) is 3.89. The third-order valence-corrected chi connectivity index (χ3v) is 3.16. The fraction of sp³-hybridized carbons (Fsp3) is 0.294. The minimum atomic E-state index is -0.412. The summed E-state index contributed by atoms with van der Waals surface area (Å²) >= 11 is 0. The number of ether oxygens (including phenoxy) is 1. The summed E-state index contributed by atoms with van der Waals surface area (Å²) in [5.74, 6) is 0.834. The summed E-state index contributed by atoms with van der Waals surface area (Å²) in [5.41, 5.74) is 7.49. The van der Waals surface area contributed by atoms with Crippen molar-refractivity contribution in [1.29, 1.82) is 0 Å². The van der Waals surface area contributed by atoms with Crippen molar-refractivity contribution < 1.29 is 9.13 Å². The molecule has 3 heteroatoms. The van der Waals surface area contributed by atoms with Gasteiger partial charge in [-0.05, 0) is 43.2 Å². The Kier molecular flexibility index (Phi) is 4.74. The van der Waals surface area contributed by atoms with Crippen LogP contribution < -0.4 is 10.5 Å². The zero-order chi connectivity index (χ0) is 14.5. The van der Waals surface area contributed by atoms with Crippen LogP contribution in [-0.2, 0) is 6.42 Å². The van der Waals surface area contributed by atoms with E-state index in [1.807, 2.05) is 24.3 Å². The molecule has 0 aliphatic rings. The van der Waals surface area contributed by atoms with Gasteiger partial charge in [-0.2, -0.15) is 0 Å². The van der Waals surface area contributed by atoms with Gasteiger partial charge in [0.1, 0.15) is 17.3 Å². The number of nitrogens with two attached hydrogens (primary N) is 1. The highest BCUT2D eigenvalue weighted by atomic mass is 19.1. The zero-order valence-corrected chi connectivity index (χ0v) is 11.9. The predicted octanol–water partition coefficient (Wildman–Crippen LogP) is 4.59. The average Bonchev–Trinajstić information content (AvgIpc) is 2.41. The van der Waals surface area contributed by atoms with Gasteiger partial charge >= 0.3 is 0 Å². The Morgan fingerprint density at radius 3 is 2.45 bits per heavy atom. The molecule has 2 aromatic rings. The van der Waals surface area contributed by atoms with Crippen LogP contribution in [0.2, 0.25) is 0 Å². The summed E-state index contributed by atoms with van der Waals surface area (Å²) in [4.78, 5) is 0. The first-order chi connectivity index (χ1) is 9.61. The maximum atomic E-state index is 13.8. The molecule has 2 N–H and O–H groups in total. The first kappa shape index (κ1) is 14.5. The van der Waals surface area contributed by atoms with Gasteiger partial charge in [0.05, 0.1) is 0 Å². The Balaban J connectivity index is 2.23. The molecule has 106 valence electrons. The van der Waals surface area contributed by atoms with Gasteiger partial charge in [0.15, 0.2) is 0 Å². The Labute approximate surface area is 119 Å². The van der Waals surface area contributed by atoms with Crippen molar-refractivity contribution >= 4 is 0 Å². The van der Waals surface area contributed by atoms with Crippen molar-refractivity contribution in [3.05, 3.63) is 59.4 Å². The van der Waals surface area contributed by atoms with Crippen molar-refractivity contribution in [3.63, 3.8) is 0 Å². The third-order valence-electron chi connectivity index (χ3n) is 3.16. The first-order valence-corrected chi connectivity index (χ1v) is 6.92. The molecule has 0 aliphatic carbocycles. The van der Waals surface area contributed by atoms with Crippen molar-refractivity contribution in [2.24, 2.45) is 5.73 Å². The number of halogens is 1. The topological polar surface area (TPSA) is 35.2 Å². The van der Waals surface area contributed by atoms with Crippen molar-refractivity contribution in [2.75, 3.05) is 0 Å². The van der Waals surface area contributed by atoms with Gasteiger partial charge < -0.3 is 10.5 Å². The van der Waals surface area contributed by atoms with E-state index < -0.39 is 6.04 Å². The molecule has 0 aromatic heterocycles. The van der Waals surface area contributed by atoms with Gasteiger partial charge in [-0.1, -0.05) is 31.5 Å². The SMILES string of the molecule is CCCc1ccc(Oc2cccc(F)c2C(C)N)cc1. The Bertz CT molecular complexity index is 564. The number of rotatable bonds is 5. The van der Waals surface area contributed by atoms with Crippen LogP contribution in [0.5, 0.6) is 11.5 Å². The summed E-state index contributed by atoms with van der Waals surface area (Å²) in [6.07, 6.45) is 2.16. The second-order valence-corrected chi connectivity index (χ2v) is 4.94.